The van der Waals surface area contributed by atoms with Gasteiger partial charge in [-0.15, -0.1) is 0 Å². The summed E-state index contributed by atoms with van der Waals surface area (Å²) in [5.74, 6) is 4.86. The van der Waals surface area contributed by atoms with Crippen LogP contribution in [-0.2, 0) is 4.74 Å². The molecule has 1 amide bonds. The van der Waals surface area contributed by atoms with Crippen molar-refractivity contribution in [2.75, 3.05) is 24.6 Å². The summed E-state index contributed by atoms with van der Waals surface area (Å²) in [6.07, 6.45) is 3.59. The molecular formula is C15H23N3O2. The minimum absolute atomic E-state index is 0.261. The maximum Gasteiger partial charge on any atom is 0.265 e. The van der Waals surface area contributed by atoms with Gasteiger partial charge in [0.05, 0.1) is 6.10 Å². The van der Waals surface area contributed by atoms with Crippen LogP contribution in [-0.4, -0.2) is 31.7 Å². The zero-order valence-corrected chi connectivity index (χ0v) is 12.0. The van der Waals surface area contributed by atoms with Gasteiger partial charge in [0.25, 0.3) is 5.91 Å². The van der Waals surface area contributed by atoms with Crippen LogP contribution in [0.1, 0.15) is 36.5 Å². The molecule has 3 N–H and O–H groups in total. The number of carbonyl (C=O) groups is 1. The highest BCUT2D eigenvalue weighted by molar-refractivity contribution is 5.94. The Morgan fingerprint density at radius 1 is 1.35 bits per heavy atom. The minimum atomic E-state index is -0.261. The first-order valence-corrected chi connectivity index (χ1v) is 7.22. The Morgan fingerprint density at radius 2 is 2.00 bits per heavy atom. The smallest absolute Gasteiger partial charge is 0.265 e. The number of carbonyl (C=O) groups excluding carboxylic acids is 1. The number of piperidine rings is 1. The van der Waals surface area contributed by atoms with E-state index >= 15 is 0 Å². The predicted octanol–water partition coefficient (Wildman–Crippen LogP) is 1.69. The molecule has 1 aliphatic rings. The van der Waals surface area contributed by atoms with Crippen LogP contribution in [0.2, 0.25) is 0 Å². The van der Waals surface area contributed by atoms with E-state index in [4.69, 9.17) is 10.6 Å². The quantitative estimate of drug-likeness (QED) is 0.488. The van der Waals surface area contributed by atoms with Crippen LogP contribution in [0.3, 0.4) is 0 Å². The molecule has 1 aromatic rings. The zero-order valence-electron chi connectivity index (χ0n) is 12.0. The molecule has 1 saturated heterocycles. The Hall–Kier alpha value is -1.59. The lowest BCUT2D eigenvalue weighted by Gasteiger charge is -2.33. The van der Waals surface area contributed by atoms with E-state index in [1.165, 1.54) is 0 Å². The second-order valence-electron chi connectivity index (χ2n) is 5.08. The fraction of sp³-hybridized carbons (Fsp3) is 0.533. The molecule has 0 saturated carbocycles. The third-order valence-corrected chi connectivity index (χ3v) is 3.63. The van der Waals surface area contributed by atoms with E-state index < -0.39 is 0 Å². The summed E-state index contributed by atoms with van der Waals surface area (Å²) >= 11 is 0. The van der Waals surface area contributed by atoms with Gasteiger partial charge in [0.15, 0.2) is 0 Å². The van der Waals surface area contributed by atoms with Gasteiger partial charge < -0.3 is 9.64 Å². The Bertz CT molecular complexity index is 425. The van der Waals surface area contributed by atoms with Crippen molar-refractivity contribution in [3.63, 3.8) is 0 Å². The number of anilines is 1. The first kappa shape index (κ1) is 14.8. The average molecular weight is 277 g/mol. The summed E-state index contributed by atoms with van der Waals surface area (Å²) in [4.78, 5) is 13.7. The van der Waals surface area contributed by atoms with Crippen molar-refractivity contribution in [2.24, 2.45) is 5.84 Å². The molecule has 0 aromatic heterocycles. The zero-order chi connectivity index (χ0) is 14.4. The number of nitrogens with zero attached hydrogens (tertiary/aromatic N) is 1. The molecule has 5 heteroatoms. The first-order chi connectivity index (χ1) is 9.74. The Morgan fingerprint density at radius 3 is 2.55 bits per heavy atom. The fourth-order valence-corrected chi connectivity index (χ4v) is 2.47. The summed E-state index contributed by atoms with van der Waals surface area (Å²) in [5, 5.41) is 0. The van der Waals surface area contributed by atoms with Gasteiger partial charge in [-0.05, 0) is 43.5 Å². The third-order valence-electron chi connectivity index (χ3n) is 3.63. The number of benzene rings is 1. The summed E-state index contributed by atoms with van der Waals surface area (Å²) in [6, 6.07) is 7.55. The normalized spacial score (nSPS) is 16.2. The van der Waals surface area contributed by atoms with Crippen LogP contribution in [0.15, 0.2) is 24.3 Å². The van der Waals surface area contributed by atoms with Crippen molar-refractivity contribution in [3.05, 3.63) is 29.8 Å². The van der Waals surface area contributed by atoms with Gasteiger partial charge in [-0.3, -0.25) is 10.2 Å². The molecule has 0 radical (unpaired) electrons. The number of ether oxygens (including phenoxy) is 1. The van der Waals surface area contributed by atoms with Crippen LogP contribution >= 0.6 is 0 Å². The molecule has 0 bridgehead atoms. The second-order valence-corrected chi connectivity index (χ2v) is 5.08. The minimum Gasteiger partial charge on any atom is -0.378 e. The van der Waals surface area contributed by atoms with Crippen LogP contribution < -0.4 is 16.2 Å². The number of amides is 1. The molecule has 1 heterocycles. The largest absolute Gasteiger partial charge is 0.378 e. The molecular weight excluding hydrogens is 254 g/mol. The number of rotatable bonds is 5. The molecule has 0 atom stereocenters. The van der Waals surface area contributed by atoms with Gasteiger partial charge >= 0.3 is 0 Å². The van der Waals surface area contributed by atoms with E-state index in [-0.39, 0.29) is 5.91 Å². The van der Waals surface area contributed by atoms with E-state index in [0.717, 1.165) is 44.6 Å². The molecule has 1 aliphatic heterocycles. The van der Waals surface area contributed by atoms with Gasteiger partial charge in [-0.2, -0.15) is 0 Å². The molecule has 0 unspecified atom stereocenters. The number of hydrazine groups is 1. The molecule has 5 nitrogen and oxygen atoms in total. The number of nitrogens with two attached hydrogens (primary N) is 1. The van der Waals surface area contributed by atoms with E-state index in [9.17, 15) is 4.79 Å². The highest BCUT2D eigenvalue weighted by atomic mass is 16.5. The van der Waals surface area contributed by atoms with E-state index in [1.807, 2.05) is 12.1 Å². The summed E-state index contributed by atoms with van der Waals surface area (Å²) < 4.78 is 5.79. The van der Waals surface area contributed by atoms with Gasteiger partial charge in [-0.1, -0.05) is 6.92 Å². The third kappa shape index (κ3) is 3.71. The number of hydrogen-bond donors (Lipinski definition) is 2. The van der Waals surface area contributed by atoms with Gasteiger partial charge in [-0.25, -0.2) is 5.84 Å². The van der Waals surface area contributed by atoms with Crippen LogP contribution in [0.25, 0.3) is 0 Å². The molecule has 0 spiro atoms. The molecule has 20 heavy (non-hydrogen) atoms. The van der Waals surface area contributed by atoms with Gasteiger partial charge in [0, 0.05) is 30.9 Å². The Balaban J connectivity index is 1.89. The van der Waals surface area contributed by atoms with Gasteiger partial charge in [0.2, 0.25) is 0 Å². The number of hydrogen-bond acceptors (Lipinski definition) is 4. The molecule has 0 aliphatic carbocycles. The fourth-order valence-electron chi connectivity index (χ4n) is 2.47. The standard InChI is InChI=1S/C15H23N3O2/c1-2-11-20-14-7-9-18(10-8-14)13-5-3-12(4-6-13)15(19)17-16/h3-6,14H,2,7-11,16H2,1H3,(H,17,19). The van der Waals surface area contributed by atoms with E-state index in [0.29, 0.717) is 11.7 Å². The second kappa shape index (κ2) is 7.26. The van der Waals surface area contributed by atoms with E-state index in [1.54, 1.807) is 12.1 Å². The summed E-state index contributed by atoms with van der Waals surface area (Å²) in [5.41, 5.74) is 3.86. The summed E-state index contributed by atoms with van der Waals surface area (Å²) in [6.45, 7) is 4.98. The average Bonchev–Trinajstić information content (AvgIpc) is 2.53. The maximum atomic E-state index is 11.4. The van der Waals surface area contributed by atoms with Crippen molar-refractivity contribution in [3.8, 4) is 0 Å². The Kier molecular flexibility index (Phi) is 5.38. The topological polar surface area (TPSA) is 67.6 Å². The lowest BCUT2D eigenvalue weighted by molar-refractivity contribution is 0.0375. The van der Waals surface area contributed by atoms with Crippen molar-refractivity contribution < 1.29 is 9.53 Å². The van der Waals surface area contributed by atoms with Crippen molar-refractivity contribution in [2.45, 2.75) is 32.3 Å². The molecule has 2 rings (SSSR count). The van der Waals surface area contributed by atoms with E-state index in [2.05, 4.69) is 17.2 Å². The van der Waals surface area contributed by atoms with Crippen molar-refractivity contribution in [1.82, 2.24) is 5.43 Å². The number of nitrogens with one attached hydrogen (secondary N) is 1. The highest BCUT2D eigenvalue weighted by Crippen LogP contribution is 2.22. The summed E-state index contributed by atoms with van der Waals surface area (Å²) in [7, 11) is 0. The maximum absolute atomic E-state index is 11.4. The molecule has 110 valence electrons. The monoisotopic (exact) mass is 277 g/mol. The molecule has 1 aromatic carbocycles. The van der Waals surface area contributed by atoms with Crippen molar-refractivity contribution in [1.29, 1.82) is 0 Å². The predicted molar refractivity (Wildman–Crippen MR) is 79.6 cm³/mol. The van der Waals surface area contributed by atoms with Crippen molar-refractivity contribution >= 4 is 11.6 Å². The number of nitrogen functional groups attached to an aromatic ring is 1. The SMILES string of the molecule is CCCOC1CCN(c2ccc(C(=O)NN)cc2)CC1. The first-order valence-electron chi connectivity index (χ1n) is 7.22. The highest BCUT2D eigenvalue weighted by Gasteiger charge is 2.19. The van der Waals surface area contributed by atoms with Crippen LogP contribution in [0.4, 0.5) is 5.69 Å². The van der Waals surface area contributed by atoms with Crippen LogP contribution in [0.5, 0.6) is 0 Å². The lowest BCUT2D eigenvalue weighted by atomic mass is 10.1. The molecule has 1 fully saturated rings. The Labute approximate surface area is 120 Å². The lowest BCUT2D eigenvalue weighted by Crippen LogP contribution is -2.37. The van der Waals surface area contributed by atoms with Crippen LogP contribution in [0, 0.1) is 0 Å². The van der Waals surface area contributed by atoms with Gasteiger partial charge in [0.1, 0.15) is 0 Å².